The summed E-state index contributed by atoms with van der Waals surface area (Å²) in [5.41, 5.74) is 0.177. The fraction of sp³-hybridized carbons (Fsp3) is 0.303. The predicted molar refractivity (Wildman–Crippen MR) is 175 cm³/mol. The van der Waals surface area contributed by atoms with Crippen molar-refractivity contribution in [3.63, 3.8) is 0 Å². The monoisotopic (exact) mass is 680 g/mol. The van der Waals surface area contributed by atoms with Gasteiger partial charge >= 0.3 is 16.2 Å². The zero-order valence-corrected chi connectivity index (χ0v) is 27.8. The molecule has 1 N–H and O–H groups in total. The Morgan fingerprint density at radius 2 is 1.47 bits per heavy atom. The molecule has 0 aliphatic carbocycles. The van der Waals surface area contributed by atoms with Crippen LogP contribution in [0.3, 0.4) is 0 Å². The van der Waals surface area contributed by atoms with Crippen LogP contribution in [-0.2, 0) is 36.1 Å². The molecule has 0 spiro atoms. The molecule has 0 unspecified atom stereocenters. The first-order chi connectivity index (χ1) is 22.2. The number of ether oxygens (including phenoxy) is 1. The molecule has 3 aromatic carbocycles. The topological polar surface area (TPSA) is 152 Å². The zero-order valence-electron chi connectivity index (χ0n) is 26.2. The molecular formula is C33H36N4O8S2. The number of sulfonamides is 1. The first-order valence-corrected chi connectivity index (χ1v) is 17.8. The van der Waals surface area contributed by atoms with E-state index in [9.17, 15) is 26.4 Å². The Morgan fingerprint density at radius 1 is 0.830 bits per heavy atom. The number of benzene rings is 3. The van der Waals surface area contributed by atoms with Gasteiger partial charge in [-0.2, -0.15) is 13.1 Å². The van der Waals surface area contributed by atoms with Gasteiger partial charge < -0.3 is 18.7 Å². The smallest absolute Gasteiger partial charge is 0.410 e. The number of aromatic nitrogens is 1. The number of carbonyl (C=O) groups is 2. The lowest BCUT2D eigenvalue weighted by Crippen LogP contribution is -2.56. The van der Waals surface area contributed by atoms with Crippen molar-refractivity contribution in [3.05, 3.63) is 96.7 Å². The van der Waals surface area contributed by atoms with E-state index < -0.39 is 43.8 Å². The number of carbonyl (C=O) groups excluding carboxylic acids is 2. The fourth-order valence-electron chi connectivity index (χ4n) is 5.06. The first kappa shape index (κ1) is 33.8. The van der Waals surface area contributed by atoms with Gasteiger partial charge in [0.15, 0.2) is 0 Å². The molecule has 1 aliphatic heterocycles. The van der Waals surface area contributed by atoms with Gasteiger partial charge in [0.05, 0.1) is 10.4 Å². The van der Waals surface area contributed by atoms with Crippen LogP contribution in [0.4, 0.5) is 4.79 Å². The molecule has 2 amide bonds. The quantitative estimate of drug-likeness (QED) is 0.259. The third-order valence-electron chi connectivity index (χ3n) is 7.33. The van der Waals surface area contributed by atoms with Gasteiger partial charge in [-0.15, -0.1) is 0 Å². The number of rotatable bonds is 9. The van der Waals surface area contributed by atoms with Crippen molar-refractivity contribution in [1.82, 2.24) is 19.5 Å². The summed E-state index contributed by atoms with van der Waals surface area (Å²) in [7, 11) is -8.31. The van der Waals surface area contributed by atoms with Crippen molar-refractivity contribution in [3.8, 4) is 5.75 Å². The van der Waals surface area contributed by atoms with Gasteiger partial charge in [-0.25, -0.2) is 13.2 Å². The number of fused-ring (bicyclic) bond motifs is 1. The van der Waals surface area contributed by atoms with Crippen molar-refractivity contribution in [2.75, 3.05) is 26.2 Å². The average molecular weight is 681 g/mol. The van der Waals surface area contributed by atoms with Crippen LogP contribution in [0.15, 0.2) is 101 Å². The number of pyridine rings is 1. The normalized spacial score (nSPS) is 14.9. The van der Waals surface area contributed by atoms with Gasteiger partial charge in [-0.3, -0.25) is 9.78 Å². The molecule has 47 heavy (non-hydrogen) atoms. The van der Waals surface area contributed by atoms with Gasteiger partial charge in [0.1, 0.15) is 22.3 Å². The van der Waals surface area contributed by atoms with Crippen LogP contribution in [0.2, 0.25) is 0 Å². The summed E-state index contributed by atoms with van der Waals surface area (Å²) in [4.78, 5) is 33.5. The maximum Gasteiger partial charge on any atom is 0.410 e. The van der Waals surface area contributed by atoms with Crippen molar-refractivity contribution >= 4 is 43.0 Å². The van der Waals surface area contributed by atoms with E-state index in [4.69, 9.17) is 8.92 Å². The minimum Gasteiger partial charge on any atom is -0.444 e. The highest BCUT2D eigenvalue weighted by Crippen LogP contribution is 2.25. The molecule has 1 fully saturated rings. The number of nitrogens with one attached hydrogen (secondary N) is 1. The molecule has 1 saturated heterocycles. The predicted octanol–water partition coefficient (Wildman–Crippen LogP) is 3.97. The summed E-state index contributed by atoms with van der Waals surface area (Å²) in [6.07, 6.45) is 0.991. The van der Waals surface area contributed by atoms with Crippen LogP contribution in [-0.4, -0.2) is 81.4 Å². The third kappa shape index (κ3) is 8.44. The van der Waals surface area contributed by atoms with Crippen LogP contribution < -0.4 is 8.91 Å². The molecule has 12 nitrogen and oxygen atoms in total. The zero-order chi connectivity index (χ0) is 33.8. The van der Waals surface area contributed by atoms with Gasteiger partial charge in [0.2, 0.25) is 15.9 Å². The van der Waals surface area contributed by atoms with E-state index in [0.717, 1.165) is 0 Å². The highest BCUT2D eigenvalue weighted by molar-refractivity contribution is 7.89. The van der Waals surface area contributed by atoms with Crippen molar-refractivity contribution in [1.29, 1.82) is 0 Å². The molecule has 5 rings (SSSR count). The average Bonchev–Trinajstić information content (AvgIpc) is 3.04. The maximum atomic E-state index is 13.8. The van der Waals surface area contributed by atoms with E-state index in [0.29, 0.717) is 10.9 Å². The van der Waals surface area contributed by atoms with E-state index in [2.05, 4.69) is 9.71 Å². The standard InChI is InChI=1S/C33H36N4O8S2/c1-33(2,3)44-32(39)37-21-19-36(20-22-37)31(38)28(35-46(40,41)27-11-5-4-6-12-27)23-24-14-16-26(17-15-24)45-47(42,43)29-13-7-9-25-10-8-18-34-30(25)29/h4-18,28,35H,19-23H2,1-3H3/t28-/m0/s1. The molecule has 1 atom stereocenters. The lowest BCUT2D eigenvalue weighted by molar-refractivity contribution is -0.134. The van der Waals surface area contributed by atoms with E-state index in [1.165, 1.54) is 46.3 Å². The SMILES string of the molecule is CC(C)(C)OC(=O)N1CCN(C(=O)[C@H](Cc2ccc(OS(=O)(=O)c3cccc4cccnc34)cc2)NS(=O)(=O)c2ccccc2)CC1. The molecule has 0 radical (unpaired) electrons. The summed E-state index contributed by atoms with van der Waals surface area (Å²) >= 11 is 0. The number of hydrogen-bond acceptors (Lipinski definition) is 9. The molecule has 4 aromatic rings. The van der Waals surface area contributed by atoms with Crippen LogP contribution >= 0.6 is 0 Å². The Kier molecular flexibility index (Phi) is 9.84. The Balaban J connectivity index is 1.32. The summed E-state index contributed by atoms with van der Waals surface area (Å²) < 4.78 is 66.3. The number of para-hydroxylation sites is 1. The summed E-state index contributed by atoms with van der Waals surface area (Å²) in [5.74, 6) is -0.424. The van der Waals surface area contributed by atoms with Crippen molar-refractivity contribution in [2.45, 2.75) is 48.6 Å². The van der Waals surface area contributed by atoms with E-state index in [1.54, 1.807) is 75.4 Å². The van der Waals surface area contributed by atoms with E-state index >= 15 is 0 Å². The minimum absolute atomic E-state index is 0.00410. The third-order valence-corrected chi connectivity index (χ3v) is 10.1. The van der Waals surface area contributed by atoms with Crippen LogP contribution in [0.5, 0.6) is 5.75 Å². The molecule has 0 saturated carbocycles. The molecule has 2 heterocycles. The lowest BCUT2D eigenvalue weighted by atomic mass is 10.0. The first-order valence-electron chi connectivity index (χ1n) is 14.9. The second kappa shape index (κ2) is 13.7. The highest BCUT2D eigenvalue weighted by atomic mass is 32.2. The highest BCUT2D eigenvalue weighted by Gasteiger charge is 2.33. The van der Waals surface area contributed by atoms with E-state index in [-0.39, 0.29) is 53.7 Å². The molecular weight excluding hydrogens is 645 g/mol. The molecule has 14 heteroatoms. The molecule has 0 bridgehead atoms. The van der Waals surface area contributed by atoms with Crippen molar-refractivity contribution in [2.24, 2.45) is 0 Å². The largest absolute Gasteiger partial charge is 0.444 e. The molecule has 248 valence electrons. The summed E-state index contributed by atoms with van der Waals surface area (Å²) in [5, 5.41) is 0.646. The number of hydrogen-bond donors (Lipinski definition) is 1. The Morgan fingerprint density at radius 3 is 2.13 bits per heavy atom. The molecule has 1 aromatic heterocycles. The van der Waals surface area contributed by atoms with E-state index in [1.807, 2.05) is 0 Å². The number of nitrogens with zero attached hydrogens (tertiary/aromatic N) is 3. The van der Waals surface area contributed by atoms with Crippen molar-refractivity contribution < 1.29 is 35.3 Å². The van der Waals surface area contributed by atoms with Crippen LogP contribution in [0.1, 0.15) is 26.3 Å². The summed E-state index contributed by atoms with van der Waals surface area (Å²) in [6, 6.07) is 20.8. The van der Waals surface area contributed by atoms with Crippen LogP contribution in [0.25, 0.3) is 10.9 Å². The lowest BCUT2D eigenvalue weighted by Gasteiger charge is -2.37. The maximum absolute atomic E-state index is 13.8. The van der Waals surface area contributed by atoms with Crippen LogP contribution in [0, 0.1) is 0 Å². The van der Waals surface area contributed by atoms with Gasteiger partial charge in [-0.1, -0.05) is 48.5 Å². The second-order valence-corrected chi connectivity index (χ2v) is 15.2. The van der Waals surface area contributed by atoms with Gasteiger partial charge in [0, 0.05) is 37.8 Å². The Labute approximate surface area is 274 Å². The summed E-state index contributed by atoms with van der Waals surface area (Å²) in [6.45, 7) is 6.15. The van der Waals surface area contributed by atoms with Gasteiger partial charge in [0.25, 0.3) is 0 Å². The van der Waals surface area contributed by atoms with Gasteiger partial charge in [-0.05, 0) is 69.2 Å². The minimum atomic E-state index is -4.23. The molecule has 1 aliphatic rings. The Hall–Kier alpha value is -4.53. The number of piperazine rings is 1. The Bertz CT molecular complexity index is 1950. The fourth-order valence-corrected chi connectivity index (χ4v) is 7.37. The number of amides is 2. The second-order valence-electron chi connectivity index (χ2n) is 12.0.